The van der Waals surface area contributed by atoms with Crippen molar-refractivity contribution >= 4 is 5.97 Å². The van der Waals surface area contributed by atoms with E-state index in [9.17, 15) is 14.3 Å². The zero-order chi connectivity index (χ0) is 14.0. The van der Waals surface area contributed by atoms with Crippen LogP contribution in [0.25, 0.3) is 0 Å². The predicted octanol–water partition coefficient (Wildman–Crippen LogP) is 1.40. The van der Waals surface area contributed by atoms with Crippen LogP contribution in [-0.4, -0.2) is 30.3 Å². The smallest absolute Gasteiger partial charge is 0.325 e. The summed E-state index contributed by atoms with van der Waals surface area (Å²) < 4.78 is 18.6. The first-order valence-electron chi connectivity index (χ1n) is 6.23. The van der Waals surface area contributed by atoms with Crippen LogP contribution >= 0.6 is 0 Å². The average molecular weight is 267 g/mol. The van der Waals surface area contributed by atoms with Crippen molar-refractivity contribution < 1.29 is 19.0 Å². The van der Waals surface area contributed by atoms with E-state index in [1.165, 1.54) is 13.2 Å². The molecule has 2 N–H and O–H groups in total. The molecule has 1 aliphatic rings. The van der Waals surface area contributed by atoms with Crippen molar-refractivity contribution in [3.63, 3.8) is 0 Å². The van der Waals surface area contributed by atoms with Crippen molar-refractivity contribution in [3.05, 3.63) is 35.6 Å². The fraction of sp³-hybridized carbons (Fsp3) is 0.500. The summed E-state index contributed by atoms with van der Waals surface area (Å²) in [4.78, 5) is 11.8. The van der Waals surface area contributed by atoms with Gasteiger partial charge in [0.1, 0.15) is 11.4 Å². The lowest BCUT2D eigenvalue weighted by Gasteiger charge is -2.23. The highest BCUT2D eigenvalue weighted by molar-refractivity contribution is 5.80. The summed E-state index contributed by atoms with van der Waals surface area (Å²) in [6, 6.07) is 6.00. The highest BCUT2D eigenvalue weighted by atomic mass is 19.1. The van der Waals surface area contributed by atoms with Crippen LogP contribution in [0.15, 0.2) is 24.3 Å². The quantitative estimate of drug-likeness (QED) is 0.813. The number of esters is 1. The van der Waals surface area contributed by atoms with Gasteiger partial charge in [0.25, 0.3) is 0 Å². The second-order valence-corrected chi connectivity index (χ2v) is 5.11. The monoisotopic (exact) mass is 267 g/mol. The number of carbonyl (C=O) groups excluding carboxylic acids is 1. The maximum Gasteiger partial charge on any atom is 0.325 e. The number of halogens is 1. The molecule has 0 saturated carbocycles. The lowest BCUT2D eigenvalue weighted by molar-refractivity contribution is -0.147. The largest absolute Gasteiger partial charge is 0.468 e. The molecule has 1 fully saturated rings. The second-order valence-electron chi connectivity index (χ2n) is 5.11. The first-order chi connectivity index (χ1) is 9.01. The van der Waals surface area contributed by atoms with Gasteiger partial charge in [-0.15, -0.1) is 0 Å². The zero-order valence-corrected chi connectivity index (χ0v) is 11.0. The van der Waals surface area contributed by atoms with Gasteiger partial charge in [-0.05, 0) is 19.4 Å². The SMILES string of the molecule is COC(=O)[C@]1(C)C[C@@H](CO)[C@@H](c2ccccc2F)N1. The molecule has 1 aliphatic heterocycles. The van der Waals surface area contributed by atoms with Gasteiger partial charge in [-0.1, -0.05) is 18.2 Å². The maximum atomic E-state index is 13.8. The van der Waals surface area contributed by atoms with E-state index in [1.807, 2.05) is 0 Å². The molecular formula is C14H18FNO3. The molecule has 0 unspecified atom stereocenters. The average Bonchev–Trinajstić information content (AvgIpc) is 2.77. The van der Waals surface area contributed by atoms with Gasteiger partial charge in [0, 0.05) is 24.1 Å². The van der Waals surface area contributed by atoms with Gasteiger partial charge in [-0.3, -0.25) is 10.1 Å². The lowest BCUT2D eigenvalue weighted by atomic mass is 9.90. The Morgan fingerprint density at radius 2 is 2.26 bits per heavy atom. The minimum Gasteiger partial charge on any atom is -0.468 e. The molecule has 3 atom stereocenters. The Labute approximate surface area is 111 Å². The number of hydrogen-bond acceptors (Lipinski definition) is 4. The molecule has 0 radical (unpaired) electrons. The highest BCUT2D eigenvalue weighted by Gasteiger charge is 2.48. The summed E-state index contributed by atoms with van der Waals surface area (Å²) in [7, 11) is 1.32. The summed E-state index contributed by atoms with van der Waals surface area (Å²) in [5.74, 6) is -0.960. The van der Waals surface area contributed by atoms with Crippen molar-refractivity contribution in [2.45, 2.75) is 24.9 Å². The molecule has 0 amide bonds. The Bertz CT molecular complexity index is 480. The number of hydrogen-bond donors (Lipinski definition) is 2. The summed E-state index contributed by atoms with van der Waals surface area (Å²) in [5.41, 5.74) is -0.427. The van der Waals surface area contributed by atoms with Gasteiger partial charge in [0.05, 0.1) is 7.11 Å². The van der Waals surface area contributed by atoms with Gasteiger partial charge in [-0.2, -0.15) is 0 Å². The van der Waals surface area contributed by atoms with Crippen LogP contribution < -0.4 is 5.32 Å². The summed E-state index contributed by atoms with van der Waals surface area (Å²) in [6.45, 7) is 1.60. The first-order valence-corrected chi connectivity index (χ1v) is 6.23. The molecule has 0 bridgehead atoms. The standard InChI is InChI=1S/C14H18FNO3/c1-14(13(18)19-2)7-9(8-17)12(16-14)10-5-3-4-6-11(10)15/h3-6,9,12,16-17H,7-8H2,1-2H3/t9-,12-,14-/m0/s1. The number of benzene rings is 1. The van der Waals surface area contributed by atoms with E-state index in [0.717, 1.165) is 0 Å². The van der Waals surface area contributed by atoms with Crippen LogP contribution in [0.2, 0.25) is 0 Å². The van der Waals surface area contributed by atoms with Crippen LogP contribution in [0.4, 0.5) is 4.39 Å². The van der Waals surface area contributed by atoms with Crippen molar-refractivity contribution in [3.8, 4) is 0 Å². The molecule has 0 spiro atoms. The normalized spacial score (nSPS) is 30.3. The highest BCUT2D eigenvalue weighted by Crippen LogP contribution is 2.39. The molecule has 104 valence electrons. The van der Waals surface area contributed by atoms with E-state index in [2.05, 4.69) is 5.32 Å². The maximum absolute atomic E-state index is 13.8. The van der Waals surface area contributed by atoms with Crippen molar-refractivity contribution in [1.82, 2.24) is 5.32 Å². The molecule has 1 heterocycles. The van der Waals surface area contributed by atoms with Gasteiger partial charge in [-0.25, -0.2) is 4.39 Å². The minimum absolute atomic E-state index is 0.113. The Morgan fingerprint density at radius 3 is 2.84 bits per heavy atom. The van der Waals surface area contributed by atoms with Crippen LogP contribution in [0.3, 0.4) is 0 Å². The van der Waals surface area contributed by atoms with Crippen LogP contribution in [0.1, 0.15) is 24.9 Å². The topological polar surface area (TPSA) is 58.6 Å². The van der Waals surface area contributed by atoms with Gasteiger partial charge in [0.2, 0.25) is 0 Å². The molecule has 5 heteroatoms. The molecule has 1 aromatic carbocycles. The fourth-order valence-corrected chi connectivity index (χ4v) is 2.76. The van der Waals surface area contributed by atoms with E-state index in [0.29, 0.717) is 12.0 Å². The fourth-order valence-electron chi connectivity index (χ4n) is 2.76. The Morgan fingerprint density at radius 1 is 1.58 bits per heavy atom. The van der Waals surface area contributed by atoms with E-state index in [-0.39, 0.29) is 18.3 Å². The number of carbonyl (C=O) groups is 1. The number of rotatable bonds is 3. The van der Waals surface area contributed by atoms with E-state index >= 15 is 0 Å². The van der Waals surface area contributed by atoms with Crippen molar-refractivity contribution in [2.24, 2.45) is 5.92 Å². The van der Waals surface area contributed by atoms with Crippen molar-refractivity contribution in [1.29, 1.82) is 0 Å². The third-order valence-electron chi connectivity index (χ3n) is 3.73. The molecule has 4 nitrogen and oxygen atoms in total. The Hall–Kier alpha value is -1.46. The number of aliphatic hydroxyl groups excluding tert-OH is 1. The molecule has 1 saturated heterocycles. The number of ether oxygens (including phenoxy) is 1. The predicted molar refractivity (Wildman–Crippen MR) is 67.9 cm³/mol. The van der Waals surface area contributed by atoms with Crippen molar-refractivity contribution in [2.75, 3.05) is 13.7 Å². The molecular weight excluding hydrogens is 249 g/mol. The van der Waals surface area contributed by atoms with E-state index in [1.54, 1.807) is 25.1 Å². The number of nitrogens with one attached hydrogen (secondary N) is 1. The summed E-state index contributed by atoms with van der Waals surface area (Å²) in [6.07, 6.45) is 0.412. The van der Waals surface area contributed by atoms with Crippen LogP contribution in [0.5, 0.6) is 0 Å². The summed E-state index contributed by atoms with van der Waals surface area (Å²) >= 11 is 0. The molecule has 19 heavy (non-hydrogen) atoms. The third kappa shape index (κ3) is 2.48. The zero-order valence-electron chi connectivity index (χ0n) is 11.0. The van der Waals surface area contributed by atoms with Crippen LogP contribution in [-0.2, 0) is 9.53 Å². The lowest BCUT2D eigenvalue weighted by Crippen LogP contribution is -2.46. The number of aliphatic hydroxyl groups is 1. The Balaban J connectivity index is 2.31. The Kier molecular flexibility index (Phi) is 3.87. The molecule has 0 aromatic heterocycles. The second kappa shape index (κ2) is 5.27. The number of methoxy groups -OCH3 is 1. The molecule has 2 rings (SSSR count). The minimum atomic E-state index is -0.894. The molecule has 0 aliphatic carbocycles. The van der Waals surface area contributed by atoms with E-state index < -0.39 is 17.6 Å². The van der Waals surface area contributed by atoms with E-state index in [4.69, 9.17) is 4.74 Å². The van der Waals surface area contributed by atoms with Gasteiger partial charge >= 0.3 is 5.97 Å². The first kappa shape index (κ1) is 14.0. The molecule has 1 aromatic rings. The van der Waals surface area contributed by atoms with Gasteiger partial charge in [0.15, 0.2) is 0 Å². The van der Waals surface area contributed by atoms with Gasteiger partial charge < -0.3 is 9.84 Å². The van der Waals surface area contributed by atoms with Crippen LogP contribution in [0, 0.1) is 11.7 Å². The third-order valence-corrected chi connectivity index (χ3v) is 3.73. The summed E-state index contributed by atoms with van der Waals surface area (Å²) in [5, 5.41) is 12.6.